The van der Waals surface area contributed by atoms with E-state index >= 15 is 0 Å². The van der Waals surface area contributed by atoms with Crippen LogP contribution in [0.4, 0.5) is 5.69 Å². The van der Waals surface area contributed by atoms with Crippen LogP contribution in [0.2, 0.25) is 0 Å². The molecule has 0 aliphatic carbocycles. The van der Waals surface area contributed by atoms with Crippen molar-refractivity contribution in [1.82, 2.24) is 0 Å². The van der Waals surface area contributed by atoms with Crippen LogP contribution < -0.4 is 5.32 Å². The number of nitrogens with one attached hydrogen (secondary N) is 1. The molecule has 0 aromatic heterocycles. The summed E-state index contributed by atoms with van der Waals surface area (Å²) in [7, 11) is 0. The standard InChI is InChI=1S/C12H15N3/c1-9(2)14-15-11(4)13-12-7-5-10(3)6-8-12/h5-8,13H,1,4H2,2-3H3. The summed E-state index contributed by atoms with van der Waals surface area (Å²) in [6.07, 6.45) is 0. The molecule has 3 heteroatoms. The summed E-state index contributed by atoms with van der Waals surface area (Å²) in [4.78, 5) is 0. The lowest BCUT2D eigenvalue weighted by Gasteiger charge is -2.04. The van der Waals surface area contributed by atoms with Gasteiger partial charge in [0.1, 0.15) is 5.82 Å². The zero-order valence-electron chi connectivity index (χ0n) is 9.12. The van der Waals surface area contributed by atoms with Crippen LogP contribution in [0.1, 0.15) is 12.5 Å². The van der Waals surface area contributed by atoms with Gasteiger partial charge in [-0.15, -0.1) is 5.11 Å². The molecule has 0 fully saturated rings. The Kier molecular flexibility index (Phi) is 3.80. The highest BCUT2D eigenvalue weighted by Gasteiger charge is 1.93. The number of azo groups is 1. The average molecular weight is 201 g/mol. The molecule has 0 spiro atoms. The van der Waals surface area contributed by atoms with Gasteiger partial charge in [0.05, 0.1) is 5.70 Å². The number of allylic oxidation sites excluding steroid dienone is 1. The Morgan fingerprint density at radius 2 is 1.73 bits per heavy atom. The number of nitrogens with zero attached hydrogens (tertiary/aromatic N) is 2. The molecule has 0 aliphatic heterocycles. The molecule has 0 saturated carbocycles. The van der Waals surface area contributed by atoms with E-state index in [1.165, 1.54) is 5.56 Å². The number of rotatable bonds is 4. The van der Waals surface area contributed by atoms with E-state index in [9.17, 15) is 0 Å². The Morgan fingerprint density at radius 3 is 2.27 bits per heavy atom. The maximum absolute atomic E-state index is 3.86. The maximum Gasteiger partial charge on any atom is 0.145 e. The monoisotopic (exact) mass is 201 g/mol. The summed E-state index contributed by atoms with van der Waals surface area (Å²) in [5, 5.41) is 10.7. The van der Waals surface area contributed by atoms with E-state index in [-0.39, 0.29) is 0 Å². The molecule has 0 saturated heterocycles. The summed E-state index contributed by atoms with van der Waals surface area (Å²) in [6, 6.07) is 7.98. The normalized spacial score (nSPS) is 10.3. The van der Waals surface area contributed by atoms with Crippen molar-refractivity contribution in [2.75, 3.05) is 5.32 Å². The highest BCUT2D eigenvalue weighted by Crippen LogP contribution is 2.11. The van der Waals surface area contributed by atoms with Gasteiger partial charge in [0, 0.05) is 5.69 Å². The lowest BCUT2D eigenvalue weighted by atomic mass is 10.2. The van der Waals surface area contributed by atoms with E-state index in [1.54, 1.807) is 6.92 Å². The summed E-state index contributed by atoms with van der Waals surface area (Å²) in [6.45, 7) is 11.2. The highest BCUT2D eigenvalue weighted by atomic mass is 15.2. The number of aryl methyl sites for hydroxylation is 1. The van der Waals surface area contributed by atoms with Crippen molar-refractivity contribution in [3.63, 3.8) is 0 Å². The molecule has 1 aromatic rings. The Balaban J connectivity index is 2.59. The van der Waals surface area contributed by atoms with Gasteiger partial charge < -0.3 is 5.32 Å². The smallest absolute Gasteiger partial charge is 0.145 e. The third kappa shape index (κ3) is 4.22. The highest BCUT2D eigenvalue weighted by molar-refractivity contribution is 5.48. The molecule has 0 bridgehead atoms. The van der Waals surface area contributed by atoms with Crippen molar-refractivity contribution in [2.45, 2.75) is 13.8 Å². The first-order valence-corrected chi connectivity index (χ1v) is 4.68. The largest absolute Gasteiger partial charge is 0.339 e. The van der Waals surface area contributed by atoms with Crippen LogP contribution in [0.25, 0.3) is 0 Å². The third-order valence-corrected chi connectivity index (χ3v) is 1.68. The van der Waals surface area contributed by atoms with Gasteiger partial charge in [-0.1, -0.05) is 30.9 Å². The van der Waals surface area contributed by atoms with Crippen molar-refractivity contribution in [2.24, 2.45) is 10.2 Å². The molecule has 1 rings (SSSR count). The number of anilines is 1. The molecule has 78 valence electrons. The molecule has 0 unspecified atom stereocenters. The zero-order valence-corrected chi connectivity index (χ0v) is 9.12. The van der Waals surface area contributed by atoms with Crippen LogP contribution >= 0.6 is 0 Å². The van der Waals surface area contributed by atoms with Gasteiger partial charge in [0.25, 0.3) is 0 Å². The van der Waals surface area contributed by atoms with Crippen LogP contribution in [-0.4, -0.2) is 0 Å². The van der Waals surface area contributed by atoms with E-state index in [2.05, 4.69) is 28.7 Å². The minimum atomic E-state index is 0.502. The van der Waals surface area contributed by atoms with Gasteiger partial charge >= 0.3 is 0 Å². The summed E-state index contributed by atoms with van der Waals surface area (Å²) < 4.78 is 0. The molecular weight excluding hydrogens is 186 g/mol. The molecule has 3 nitrogen and oxygen atoms in total. The van der Waals surface area contributed by atoms with Crippen LogP contribution in [0.5, 0.6) is 0 Å². The Bertz CT molecular complexity index is 388. The van der Waals surface area contributed by atoms with Gasteiger partial charge in [0.2, 0.25) is 0 Å². The quantitative estimate of drug-likeness (QED) is 0.738. The van der Waals surface area contributed by atoms with E-state index in [0.29, 0.717) is 11.5 Å². The number of hydrogen-bond donors (Lipinski definition) is 1. The molecule has 0 radical (unpaired) electrons. The van der Waals surface area contributed by atoms with Crippen molar-refractivity contribution >= 4 is 5.69 Å². The molecular formula is C12H15N3. The van der Waals surface area contributed by atoms with Gasteiger partial charge in [-0.05, 0) is 26.0 Å². The lowest BCUT2D eigenvalue weighted by Crippen LogP contribution is -1.94. The fourth-order valence-electron chi connectivity index (χ4n) is 0.974. The molecule has 1 aromatic carbocycles. The molecule has 0 heterocycles. The molecule has 1 N–H and O–H groups in total. The molecule has 0 amide bonds. The minimum Gasteiger partial charge on any atom is -0.339 e. The summed E-state index contributed by atoms with van der Waals surface area (Å²) in [5.41, 5.74) is 2.82. The maximum atomic E-state index is 3.86. The van der Waals surface area contributed by atoms with E-state index < -0.39 is 0 Å². The fraction of sp³-hybridized carbons (Fsp3) is 0.167. The second-order valence-electron chi connectivity index (χ2n) is 3.37. The third-order valence-electron chi connectivity index (χ3n) is 1.68. The zero-order chi connectivity index (χ0) is 11.3. The second kappa shape index (κ2) is 5.10. The second-order valence-corrected chi connectivity index (χ2v) is 3.37. The molecule has 0 atom stereocenters. The predicted octanol–water partition coefficient (Wildman–Crippen LogP) is 3.86. The minimum absolute atomic E-state index is 0.502. The SMILES string of the molecule is C=C(C)N=NC(=C)Nc1ccc(C)cc1. The van der Waals surface area contributed by atoms with Crippen LogP contribution in [0.15, 0.2) is 59.2 Å². The van der Waals surface area contributed by atoms with Crippen molar-refractivity contribution in [1.29, 1.82) is 0 Å². The van der Waals surface area contributed by atoms with Gasteiger partial charge in [0.15, 0.2) is 0 Å². The van der Waals surface area contributed by atoms with Crippen LogP contribution in [0.3, 0.4) is 0 Å². The molecule has 15 heavy (non-hydrogen) atoms. The van der Waals surface area contributed by atoms with Gasteiger partial charge in [-0.25, -0.2) is 0 Å². The molecule has 0 aliphatic rings. The van der Waals surface area contributed by atoms with Crippen molar-refractivity contribution in [3.05, 3.63) is 54.5 Å². The first-order chi connectivity index (χ1) is 7.08. The Hall–Kier alpha value is -1.90. The first-order valence-electron chi connectivity index (χ1n) is 4.68. The fourth-order valence-corrected chi connectivity index (χ4v) is 0.974. The van der Waals surface area contributed by atoms with Crippen molar-refractivity contribution < 1.29 is 0 Å². The number of hydrogen-bond acceptors (Lipinski definition) is 3. The van der Waals surface area contributed by atoms with Gasteiger partial charge in [-0.2, -0.15) is 5.11 Å². The Labute approximate surface area is 90.2 Å². The van der Waals surface area contributed by atoms with E-state index in [1.807, 2.05) is 31.2 Å². The summed E-state index contributed by atoms with van der Waals surface area (Å²) >= 11 is 0. The van der Waals surface area contributed by atoms with E-state index in [0.717, 1.165) is 5.69 Å². The lowest BCUT2D eigenvalue weighted by molar-refractivity contribution is 1.08. The number of benzene rings is 1. The van der Waals surface area contributed by atoms with Crippen LogP contribution in [-0.2, 0) is 0 Å². The van der Waals surface area contributed by atoms with Crippen LogP contribution in [0, 0.1) is 6.92 Å². The Morgan fingerprint density at radius 1 is 1.13 bits per heavy atom. The topological polar surface area (TPSA) is 36.8 Å². The van der Waals surface area contributed by atoms with Crippen molar-refractivity contribution in [3.8, 4) is 0 Å². The van der Waals surface area contributed by atoms with E-state index in [4.69, 9.17) is 0 Å². The average Bonchev–Trinajstić information content (AvgIpc) is 2.19. The first kappa shape index (κ1) is 11.2. The predicted molar refractivity (Wildman–Crippen MR) is 63.6 cm³/mol. The van der Waals surface area contributed by atoms with Gasteiger partial charge in [-0.3, -0.25) is 0 Å². The summed E-state index contributed by atoms with van der Waals surface area (Å²) in [5.74, 6) is 0.502.